The molecule has 1 saturated heterocycles. The molecule has 1 aliphatic carbocycles. The topological polar surface area (TPSA) is 45.2 Å². The van der Waals surface area contributed by atoms with Crippen molar-refractivity contribution < 1.29 is 4.79 Å². The van der Waals surface area contributed by atoms with Gasteiger partial charge in [-0.05, 0) is 61.9 Å². The van der Waals surface area contributed by atoms with Crippen LogP contribution in [0.3, 0.4) is 0 Å². The fourth-order valence-electron chi connectivity index (χ4n) is 4.66. The Morgan fingerprint density at radius 1 is 1.11 bits per heavy atom. The second-order valence-electron chi connectivity index (χ2n) is 7.86. The van der Waals surface area contributed by atoms with Gasteiger partial charge >= 0.3 is 0 Å². The van der Waals surface area contributed by atoms with Gasteiger partial charge in [0.2, 0.25) is 5.91 Å². The number of nitrogens with one attached hydrogen (secondary N) is 1. The number of hydrogen-bond donors (Lipinski definition) is 1. The van der Waals surface area contributed by atoms with Gasteiger partial charge in [-0.25, -0.2) is 4.98 Å². The molecule has 4 nitrogen and oxygen atoms in total. The van der Waals surface area contributed by atoms with Gasteiger partial charge in [-0.15, -0.1) is 11.3 Å². The lowest BCUT2D eigenvalue weighted by molar-refractivity contribution is -0.123. The predicted octanol–water partition coefficient (Wildman–Crippen LogP) is 4.63. The molecule has 0 bridgehead atoms. The Hall–Kier alpha value is -2.24. The molecule has 2 atom stereocenters. The first-order chi connectivity index (χ1) is 13.8. The highest BCUT2D eigenvalue weighted by atomic mass is 32.1. The third-order valence-corrected chi connectivity index (χ3v) is 7.15. The number of likely N-dealkylation sites (tertiary alicyclic amines) is 1. The van der Waals surface area contributed by atoms with E-state index in [2.05, 4.69) is 52.7 Å². The van der Waals surface area contributed by atoms with Crippen molar-refractivity contribution >= 4 is 27.5 Å². The van der Waals surface area contributed by atoms with Crippen molar-refractivity contribution in [2.45, 2.75) is 44.2 Å². The molecule has 0 saturated carbocycles. The molecule has 0 radical (unpaired) electrons. The minimum Gasteiger partial charge on any atom is -0.348 e. The van der Waals surface area contributed by atoms with Crippen LogP contribution in [0, 0.1) is 0 Å². The number of thiazole rings is 1. The fourth-order valence-corrected chi connectivity index (χ4v) is 5.79. The summed E-state index contributed by atoms with van der Waals surface area (Å²) in [6.45, 7) is 1.43. The Kier molecular flexibility index (Phi) is 4.87. The molecule has 28 heavy (non-hydrogen) atoms. The summed E-state index contributed by atoms with van der Waals surface area (Å²) in [7, 11) is 0. The first-order valence-corrected chi connectivity index (χ1v) is 11.1. The lowest BCUT2D eigenvalue weighted by Gasteiger charge is -2.28. The number of fused-ring (bicyclic) bond motifs is 2. The lowest BCUT2D eigenvalue weighted by Crippen LogP contribution is -2.39. The maximum atomic E-state index is 12.9. The maximum Gasteiger partial charge on any atom is 0.234 e. The van der Waals surface area contributed by atoms with Gasteiger partial charge in [-0.3, -0.25) is 9.69 Å². The standard InChI is InChI=1S/C23H25N3OS/c27-22(24-18-11-5-8-16-7-1-2-9-17(16)18)15-26-14-6-12-20(26)23-25-19-10-3-4-13-21(19)28-23/h1-4,7,9-10,13,18,20H,5-6,8,11-12,14-15H2,(H,24,27). The van der Waals surface area contributed by atoms with Crippen LogP contribution in [-0.2, 0) is 11.2 Å². The van der Waals surface area contributed by atoms with Crippen LogP contribution in [0.2, 0.25) is 0 Å². The molecule has 2 aromatic carbocycles. The second kappa shape index (κ2) is 7.64. The van der Waals surface area contributed by atoms with E-state index in [0.717, 1.165) is 49.2 Å². The van der Waals surface area contributed by atoms with E-state index in [9.17, 15) is 4.79 Å². The maximum absolute atomic E-state index is 12.9. The molecule has 5 heteroatoms. The second-order valence-corrected chi connectivity index (χ2v) is 8.92. The molecule has 144 valence electrons. The summed E-state index contributed by atoms with van der Waals surface area (Å²) in [6, 6.07) is 17.2. The normalized spacial score (nSPS) is 22.3. The Morgan fingerprint density at radius 3 is 2.89 bits per heavy atom. The molecule has 1 aliphatic heterocycles. The molecule has 5 rings (SSSR count). The van der Waals surface area contributed by atoms with E-state index in [1.54, 1.807) is 11.3 Å². The molecule has 3 aromatic rings. The minimum absolute atomic E-state index is 0.134. The molecule has 2 aliphatic rings. The van der Waals surface area contributed by atoms with Gasteiger partial charge in [0.25, 0.3) is 0 Å². The van der Waals surface area contributed by atoms with Gasteiger partial charge in [0.05, 0.1) is 28.8 Å². The van der Waals surface area contributed by atoms with Crippen molar-refractivity contribution in [2.75, 3.05) is 13.1 Å². The number of carbonyl (C=O) groups is 1. The molecule has 0 spiro atoms. The van der Waals surface area contributed by atoms with Gasteiger partial charge in [-0.1, -0.05) is 36.4 Å². The number of benzene rings is 2. The van der Waals surface area contributed by atoms with Gasteiger partial charge in [0, 0.05) is 0 Å². The summed E-state index contributed by atoms with van der Waals surface area (Å²) < 4.78 is 1.23. The molecule has 2 heterocycles. The van der Waals surface area contributed by atoms with Gasteiger partial charge < -0.3 is 5.32 Å². The van der Waals surface area contributed by atoms with Crippen molar-refractivity contribution in [3.63, 3.8) is 0 Å². The average Bonchev–Trinajstić information content (AvgIpc) is 3.34. The molecule has 2 unspecified atom stereocenters. The van der Waals surface area contributed by atoms with Crippen LogP contribution in [0.1, 0.15) is 53.9 Å². The fraction of sp³-hybridized carbons (Fsp3) is 0.391. The van der Waals surface area contributed by atoms with Gasteiger partial charge in [-0.2, -0.15) is 0 Å². The summed E-state index contributed by atoms with van der Waals surface area (Å²) in [5, 5.41) is 4.45. The number of hydrogen-bond acceptors (Lipinski definition) is 4. The number of aromatic nitrogens is 1. The van der Waals surface area contributed by atoms with Crippen LogP contribution in [0.5, 0.6) is 0 Å². The Bertz CT molecular complexity index is 965. The molecule has 1 fully saturated rings. The van der Waals surface area contributed by atoms with Crippen LogP contribution >= 0.6 is 11.3 Å². The van der Waals surface area contributed by atoms with Crippen molar-refractivity contribution in [3.05, 3.63) is 64.7 Å². The number of aryl methyl sites for hydroxylation is 1. The monoisotopic (exact) mass is 391 g/mol. The average molecular weight is 392 g/mol. The van der Waals surface area contributed by atoms with Crippen LogP contribution in [-0.4, -0.2) is 28.9 Å². The summed E-state index contributed by atoms with van der Waals surface area (Å²) in [5.41, 5.74) is 3.75. The van der Waals surface area contributed by atoms with Crippen molar-refractivity contribution in [1.29, 1.82) is 0 Å². The van der Waals surface area contributed by atoms with E-state index in [1.807, 2.05) is 6.07 Å². The highest BCUT2D eigenvalue weighted by Crippen LogP contribution is 2.36. The predicted molar refractivity (Wildman–Crippen MR) is 113 cm³/mol. The van der Waals surface area contributed by atoms with E-state index in [4.69, 9.17) is 4.98 Å². The smallest absolute Gasteiger partial charge is 0.234 e. The summed E-state index contributed by atoms with van der Waals surface area (Å²) in [4.78, 5) is 20.0. The number of amides is 1. The summed E-state index contributed by atoms with van der Waals surface area (Å²) >= 11 is 1.77. The van der Waals surface area contributed by atoms with Crippen LogP contribution < -0.4 is 5.32 Å². The largest absolute Gasteiger partial charge is 0.348 e. The first kappa shape index (κ1) is 17.8. The zero-order valence-electron chi connectivity index (χ0n) is 15.9. The Balaban J connectivity index is 1.28. The molecular weight excluding hydrogens is 366 g/mol. The minimum atomic E-state index is 0.134. The number of rotatable bonds is 4. The zero-order valence-corrected chi connectivity index (χ0v) is 16.8. The van der Waals surface area contributed by atoms with Gasteiger partial charge in [0.1, 0.15) is 5.01 Å². The number of para-hydroxylation sites is 1. The third kappa shape index (κ3) is 3.45. The van der Waals surface area contributed by atoms with E-state index in [-0.39, 0.29) is 18.0 Å². The van der Waals surface area contributed by atoms with E-state index in [1.165, 1.54) is 15.8 Å². The number of nitrogens with zero attached hydrogens (tertiary/aromatic N) is 2. The van der Waals surface area contributed by atoms with Crippen LogP contribution in [0.4, 0.5) is 0 Å². The Morgan fingerprint density at radius 2 is 1.96 bits per heavy atom. The Labute approximate surface area is 169 Å². The SMILES string of the molecule is O=C(CN1CCCC1c1nc2ccccc2s1)NC1CCCc2ccccc21. The van der Waals surface area contributed by atoms with Crippen molar-refractivity contribution in [1.82, 2.24) is 15.2 Å². The molecule has 1 N–H and O–H groups in total. The highest BCUT2D eigenvalue weighted by Gasteiger charge is 2.31. The third-order valence-electron chi connectivity index (χ3n) is 6.01. The highest BCUT2D eigenvalue weighted by molar-refractivity contribution is 7.18. The van der Waals surface area contributed by atoms with Crippen LogP contribution in [0.15, 0.2) is 48.5 Å². The quantitative estimate of drug-likeness (QED) is 0.705. The van der Waals surface area contributed by atoms with E-state index >= 15 is 0 Å². The molecule has 1 amide bonds. The van der Waals surface area contributed by atoms with Crippen molar-refractivity contribution in [2.24, 2.45) is 0 Å². The summed E-state index contributed by atoms with van der Waals surface area (Å²) in [6.07, 6.45) is 5.50. The van der Waals surface area contributed by atoms with E-state index < -0.39 is 0 Å². The lowest BCUT2D eigenvalue weighted by atomic mass is 9.88. The van der Waals surface area contributed by atoms with Gasteiger partial charge in [0.15, 0.2) is 0 Å². The molecule has 1 aromatic heterocycles. The first-order valence-electron chi connectivity index (χ1n) is 10.2. The zero-order chi connectivity index (χ0) is 18.9. The molecular formula is C23H25N3OS. The van der Waals surface area contributed by atoms with Crippen molar-refractivity contribution in [3.8, 4) is 0 Å². The number of carbonyl (C=O) groups excluding carboxylic acids is 1. The van der Waals surface area contributed by atoms with E-state index in [0.29, 0.717) is 6.54 Å². The van der Waals surface area contributed by atoms with Crippen LogP contribution in [0.25, 0.3) is 10.2 Å². The summed E-state index contributed by atoms with van der Waals surface area (Å²) in [5.74, 6) is 0.134.